The van der Waals surface area contributed by atoms with Gasteiger partial charge in [-0.2, -0.15) is 0 Å². The van der Waals surface area contributed by atoms with Crippen molar-refractivity contribution >= 4 is 11.6 Å². The molecule has 23 heavy (non-hydrogen) atoms. The first kappa shape index (κ1) is 17.8. The van der Waals surface area contributed by atoms with Crippen LogP contribution in [0, 0.1) is 0 Å². The SMILES string of the molecule is CCN1CCN(c2ccc(C(=O)NC(C)CCOC)cc2)CC1. The Kier molecular flexibility index (Phi) is 6.86. The Labute approximate surface area is 139 Å². The fourth-order valence-corrected chi connectivity index (χ4v) is 2.82. The lowest BCUT2D eigenvalue weighted by Crippen LogP contribution is -2.46. The number of methoxy groups -OCH3 is 1. The van der Waals surface area contributed by atoms with Gasteiger partial charge in [0.05, 0.1) is 0 Å². The number of carbonyl (C=O) groups is 1. The van der Waals surface area contributed by atoms with Crippen LogP contribution in [0.4, 0.5) is 5.69 Å². The van der Waals surface area contributed by atoms with Crippen LogP contribution < -0.4 is 10.2 Å². The molecule has 0 saturated carbocycles. The van der Waals surface area contributed by atoms with Crippen molar-refractivity contribution in [3.63, 3.8) is 0 Å². The molecule has 0 radical (unpaired) electrons. The predicted molar refractivity (Wildman–Crippen MR) is 94.2 cm³/mol. The summed E-state index contributed by atoms with van der Waals surface area (Å²) in [6.07, 6.45) is 0.821. The van der Waals surface area contributed by atoms with Crippen LogP contribution in [-0.2, 0) is 4.74 Å². The molecule has 1 aliphatic heterocycles. The summed E-state index contributed by atoms with van der Waals surface area (Å²) in [5, 5.41) is 3.00. The van der Waals surface area contributed by atoms with Crippen molar-refractivity contribution in [2.24, 2.45) is 0 Å². The maximum Gasteiger partial charge on any atom is 0.251 e. The van der Waals surface area contributed by atoms with E-state index in [-0.39, 0.29) is 11.9 Å². The standard InChI is InChI=1S/C18H29N3O2/c1-4-20-10-12-21(13-11-20)17-7-5-16(6-8-17)18(22)19-15(2)9-14-23-3/h5-8,15H,4,9-14H2,1-3H3,(H,19,22). The van der Waals surface area contributed by atoms with Gasteiger partial charge in [0, 0.05) is 57.2 Å². The van der Waals surface area contributed by atoms with Gasteiger partial charge in [-0.05, 0) is 44.2 Å². The number of likely N-dealkylation sites (N-methyl/N-ethyl adjacent to an activating group) is 1. The third-order valence-electron chi connectivity index (χ3n) is 4.45. The Hall–Kier alpha value is -1.59. The van der Waals surface area contributed by atoms with E-state index in [4.69, 9.17) is 4.74 Å². The Balaban J connectivity index is 1.88. The molecule has 1 saturated heterocycles. The molecule has 0 aliphatic carbocycles. The van der Waals surface area contributed by atoms with Crippen LogP contribution >= 0.6 is 0 Å². The molecule has 1 unspecified atom stereocenters. The van der Waals surface area contributed by atoms with Crippen molar-refractivity contribution in [1.82, 2.24) is 10.2 Å². The van der Waals surface area contributed by atoms with E-state index in [0.717, 1.165) is 39.1 Å². The summed E-state index contributed by atoms with van der Waals surface area (Å²) in [5.74, 6) is -0.0176. The highest BCUT2D eigenvalue weighted by Gasteiger charge is 2.16. The summed E-state index contributed by atoms with van der Waals surface area (Å²) < 4.78 is 5.04. The molecule has 1 heterocycles. The van der Waals surface area contributed by atoms with E-state index in [9.17, 15) is 4.79 Å². The molecular weight excluding hydrogens is 290 g/mol. The molecule has 1 aliphatic rings. The van der Waals surface area contributed by atoms with Gasteiger partial charge in [0.2, 0.25) is 0 Å². The number of hydrogen-bond donors (Lipinski definition) is 1. The number of nitrogens with zero attached hydrogens (tertiary/aromatic N) is 2. The van der Waals surface area contributed by atoms with Gasteiger partial charge in [-0.25, -0.2) is 0 Å². The highest BCUT2D eigenvalue weighted by Crippen LogP contribution is 2.17. The number of ether oxygens (including phenoxy) is 1. The van der Waals surface area contributed by atoms with E-state index >= 15 is 0 Å². The lowest BCUT2D eigenvalue weighted by molar-refractivity contribution is 0.0929. The Bertz CT molecular complexity index is 482. The summed E-state index contributed by atoms with van der Waals surface area (Å²) in [7, 11) is 1.67. The summed E-state index contributed by atoms with van der Waals surface area (Å²) in [5.41, 5.74) is 1.91. The molecule has 1 aromatic carbocycles. The maximum atomic E-state index is 12.2. The van der Waals surface area contributed by atoms with Crippen molar-refractivity contribution in [3.05, 3.63) is 29.8 Å². The highest BCUT2D eigenvalue weighted by molar-refractivity contribution is 5.94. The number of piperazine rings is 1. The quantitative estimate of drug-likeness (QED) is 0.835. The molecule has 1 N–H and O–H groups in total. The first-order valence-corrected chi connectivity index (χ1v) is 8.51. The molecule has 0 aromatic heterocycles. The highest BCUT2D eigenvalue weighted by atomic mass is 16.5. The minimum absolute atomic E-state index is 0.0176. The monoisotopic (exact) mass is 319 g/mol. The Morgan fingerprint density at radius 2 is 1.87 bits per heavy atom. The van der Waals surface area contributed by atoms with Crippen molar-refractivity contribution < 1.29 is 9.53 Å². The molecule has 1 fully saturated rings. The van der Waals surface area contributed by atoms with Crippen molar-refractivity contribution in [2.75, 3.05) is 51.3 Å². The number of nitrogens with one attached hydrogen (secondary N) is 1. The van der Waals surface area contributed by atoms with Crippen molar-refractivity contribution in [3.8, 4) is 0 Å². The van der Waals surface area contributed by atoms with Gasteiger partial charge in [0.15, 0.2) is 0 Å². The zero-order chi connectivity index (χ0) is 16.7. The number of hydrogen-bond acceptors (Lipinski definition) is 4. The molecule has 1 amide bonds. The van der Waals surface area contributed by atoms with Crippen LogP contribution in [0.5, 0.6) is 0 Å². The third kappa shape index (κ3) is 5.22. The number of benzene rings is 1. The number of amides is 1. The van der Waals surface area contributed by atoms with Crippen molar-refractivity contribution in [2.45, 2.75) is 26.3 Å². The van der Waals surface area contributed by atoms with E-state index in [2.05, 4.69) is 34.2 Å². The van der Waals surface area contributed by atoms with Crippen LogP contribution in [0.25, 0.3) is 0 Å². The first-order chi connectivity index (χ1) is 11.1. The molecule has 1 aromatic rings. The fraction of sp³-hybridized carbons (Fsp3) is 0.611. The minimum Gasteiger partial charge on any atom is -0.385 e. The molecule has 128 valence electrons. The molecular formula is C18H29N3O2. The van der Waals surface area contributed by atoms with Gasteiger partial charge < -0.3 is 19.9 Å². The van der Waals surface area contributed by atoms with E-state index in [1.165, 1.54) is 5.69 Å². The summed E-state index contributed by atoms with van der Waals surface area (Å²) in [6, 6.07) is 8.05. The maximum absolute atomic E-state index is 12.2. The van der Waals surface area contributed by atoms with Gasteiger partial charge in [-0.1, -0.05) is 6.92 Å². The molecule has 2 rings (SSSR count). The van der Waals surface area contributed by atoms with E-state index in [1.54, 1.807) is 7.11 Å². The van der Waals surface area contributed by atoms with Gasteiger partial charge >= 0.3 is 0 Å². The zero-order valence-corrected chi connectivity index (χ0v) is 14.5. The van der Waals surface area contributed by atoms with Crippen LogP contribution in [0.2, 0.25) is 0 Å². The largest absolute Gasteiger partial charge is 0.385 e. The van der Waals surface area contributed by atoms with Gasteiger partial charge in [-0.3, -0.25) is 4.79 Å². The smallest absolute Gasteiger partial charge is 0.251 e. The minimum atomic E-state index is -0.0176. The van der Waals surface area contributed by atoms with Crippen LogP contribution in [-0.4, -0.2) is 63.3 Å². The predicted octanol–water partition coefficient (Wildman–Crippen LogP) is 1.98. The second kappa shape index (κ2) is 8.89. The topological polar surface area (TPSA) is 44.8 Å². The number of anilines is 1. The van der Waals surface area contributed by atoms with Gasteiger partial charge in [-0.15, -0.1) is 0 Å². The summed E-state index contributed by atoms with van der Waals surface area (Å²) >= 11 is 0. The second-order valence-corrected chi connectivity index (χ2v) is 6.12. The average Bonchev–Trinajstić information content (AvgIpc) is 2.60. The number of rotatable bonds is 7. The summed E-state index contributed by atoms with van der Waals surface area (Å²) in [4.78, 5) is 17.1. The fourth-order valence-electron chi connectivity index (χ4n) is 2.82. The summed E-state index contributed by atoms with van der Waals surface area (Å²) in [6.45, 7) is 10.3. The first-order valence-electron chi connectivity index (χ1n) is 8.51. The number of carbonyl (C=O) groups excluding carboxylic acids is 1. The molecule has 1 atom stereocenters. The van der Waals surface area contributed by atoms with E-state index < -0.39 is 0 Å². The average molecular weight is 319 g/mol. The second-order valence-electron chi connectivity index (χ2n) is 6.12. The molecule has 0 bridgehead atoms. The zero-order valence-electron chi connectivity index (χ0n) is 14.5. The van der Waals surface area contributed by atoms with Crippen molar-refractivity contribution in [1.29, 1.82) is 0 Å². The van der Waals surface area contributed by atoms with Crippen LogP contribution in [0.3, 0.4) is 0 Å². The molecule has 5 nitrogen and oxygen atoms in total. The third-order valence-corrected chi connectivity index (χ3v) is 4.45. The lowest BCUT2D eigenvalue weighted by Gasteiger charge is -2.35. The lowest BCUT2D eigenvalue weighted by atomic mass is 10.1. The normalized spacial score (nSPS) is 17.1. The van der Waals surface area contributed by atoms with Crippen LogP contribution in [0.1, 0.15) is 30.6 Å². The Morgan fingerprint density at radius 1 is 1.22 bits per heavy atom. The van der Waals surface area contributed by atoms with Gasteiger partial charge in [0.25, 0.3) is 5.91 Å². The molecule has 0 spiro atoms. The molecule has 5 heteroatoms. The Morgan fingerprint density at radius 3 is 2.43 bits per heavy atom. The van der Waals surface area contributed by atoms with E-state index in [1.807, 2.05) is 19.1 Å². The van der Waals surface area contributed by atoms with Crippen LogP contribution in [0.15, 0.2) is 24.3 Å². The van der Waals surface area contributed by atoms with E-state index in [0.29, 0.717) is 12.2 Å². The van der Waals surface area contributed by atoms with Gasteiger partial charge in [0.1, 0.15) is 0 Å².